The highest BCUT2D eigenvalue weighted by atomic mass is 32.1. The molecule has 0 unspecified atom stereocenters. The fourth-order valence-electron chi connectivity index (χ4n) is 3.00. The van der Waals surface area contributed by atoms with Crippen molar-refractivity contribution in [3.63, 3.8) is 0 Å². The average Bonchev–Trinajstić information content (AvgIpc) is 3.08. The molecule has 1 heterocycles. The van der Waals surface area contributed by atoms with Crippen molar-refractivity contribution in [1.29, 1.82) is 0 Å². The van der Waals surface area contributed by atoms with Gasteiger partial charge in [-0.15, -0.1) is 11.3 Å². The minimum atomic E-state index is -0.225. The van der Waals surface area contributed by atoms with E-state index in [2.05, 4.69) is 28.5 Å². The second kappa shape index (κ2) is 7.32. The summed E-state index contributed by atoms with van der Waals surface area (Å²) in [6.07, 6.45) is 0. The van der Waals surface area contributed by atoms with E-state index in [-0.39, 0.29) is 5.91 Å². The van der Waals surface area contributed by atoms with Gasteiger partial charge in [0, 0.05) is 5.56 Å². The Kier molecular flexibility index (Phi) is 4.71. The molecular weight excluding hydrogens is 370 g/mol. The number of thiazole rings is 1. The first-order valence-corrected chi connectivity index (χ1v) is 9.57. The standard InChI is InChI=1S/C22H19N3O2S/c1-13-24-20-12-16(6-10-21(20)28-13)15-5-9-18(23)19(11-15)25-22(26)14-3-7-17(27-2)8-4-14/h3-12H,23H2,1-2H3,(H,25,26). The van der Waals surface area contributed by atoms with Gasteiger partial charge in [0.15, 0.2) is 0 Å². The van der Waals surface area contributed by atoms with Gasteiger partial charge in [0.1, 0.15) is 5.75 Å². The zero-order valence-electron chi connectivity index (χ0n) is 15.5. The fraction of sp³-hybridized carbons (Fsp3) is 0.0909. The molecule has 6 heteroatoms. The molecule has 5 nitrogen and oxygen atoms in total. The highest BCUT2D eigenvalue weighted by Crippen LogP contribution is 2.31. The third kappa shape index (κ3) is 3.54. The number of ether oxygens (including phenoxy) is 1. The summed E-state index contributed by atoms with van der Waals surface area (Å²) in [5.74, 6) is 0.475. The van der Waals surface area contributed by atoms with Crippen molar-refractivity contribution in [2.45, 2.75) is 6.92 Å². The van der Waals surface area contributed by atoms with Crippen molar-refractivity contribution >= 4 is 38.8 Å². The number of nitrogens with zero attached hydrogens (tertiary/aromatic N) is 1. The molecular formula is C22H19N3O2S. The minimum Gasteiger partial charge on any atom is -0.497 e. The van der Waals surface area contributed by atoms with Crippen LogP contribution in [-0.4, -0.2) is 18.0 Å². The zero-order valence-corrected chi connectivity index (χ0v) is 16.3. The van der Waals surface area contributed by atoms with Crippen LogP contribution in [0.5, 0.6) is 5.75 Å². The van der Waals surface area contributed by atoms with Gasteiger partial charge < -0.3 is 15.8 Å². The molecule has 0 saturated carbocycles. The topological polar surface area (TPSA) is 77.2 Å². The van der Waals surface area contributed by atoms with E-state index in [9.17, 15) is 4.79 Å². The van der Waals surface area contributed by atoms with E-state index < -0.39 is 0 Å². The van der Waals surface area contributed by atoms with Gasteiger partial charge in [-0.05, 0) is 66.6 Å². The molecule has 4 rings (SSSR count). The smallest absolute Gasteiger partial charge is 0.255 e. The number of carbonyl (C=O) groups excluding carboxylic acids is 1. The van der Waals surface area contributed by atoms with Crippen LogP contribution in [0.25, 0.3) is 21.3 Å². The Morgan fingerprint density at radius 2 is 1.75 bits per heavy atom. The minimum absolute atomic E-state index is 0.225. The number of benzene rings is 3. The van der Waals surface area contributed by atoms with Crippen LogP contribution >= 0.6 is 11.3 Å². The molecule has 0 saturated heterocycles. The van der Waals surface area contributed by atoms with Crippen LogP contribution in [0.1, 0.15) is 15.4 Å². The molecule has 0 fully saturated rings. The number of aromatic nitrogens is 1. The number of methoxy groups -OCH3 is 1. The van der Waals surface area contributed by atoms with E-state index >= 15 is 0 Å². The second-order valence-corrected chi connectivity index (χ2v) is 7.63. The van der Waals surface area contributed by atoms with Gasteiger partial charge in [-0.25, -0.2) is 4.98 Å². The van der Waals surface area contributed by atoms with Crippen LogP contribution in [0.3, 0.4) is 0 Å². The molecule has 0 aliphatic rings. The van der Waals surface area contributed by atoms with E-state index in [1.807, 2.05) is 19.1 Å². The van der Waals surface area contributed by atoms with Crippen molar-refractivity contribution in [2.24, 2.45) is 0 Å². The molecule has 3 aromatic carbocycles. The Morgan fingerprint density at radius 1 is 1.04 bits per heavy atom. The highest BCUT2D eigenvalue weighted by Gasteiger charge is 2.11. The number of nitrogen functional groups attached to an aromatic ring is 1. The predicted molar refractivity (Wildman–Crippen MR) is 115 cm³/mol. The molecule has 1 aromatic heterocycles. The molecule has 4 aromatic rings. The summed E-state index contributed by atoms with van der Waals surface area (Å²) in [5, 5.41) is 3.94. The molecule has 28 heavy (non-hydrogen) atoms. The largest absolute Gasteiger partial charge is 0.497 e. The van der Waals surface area contributed by atoms with Crippen LogP contribution in [-0.2, 0) is 0 Å². The lowest BCUT2D eigenvalue weighted by Crippen LogP contribution is -2.13. The second-order valence-electron chi connectivity index (χ2n) is 6.40. The maximum Gasteiger partial charge on any atom is 0.255 e. The van der Waals surface area contributed by atoms with E-state index in [4.69, 9.17) is 10.5 Å². The number of nitrogens with one attached hydrogen (secondary N) is 1. The lowest BCUT2D eigenvalue weighted by atomic mass is 10.0. The molecule has 0 atom stereocenters. The normalized spacial score (nSPS) is 10.8. The van der Waals surface area contributed by atoms with Gasteiger partial charge >= 0.3 is 0 Å². The fourth-order valence-corrected chi connectivity index (χ4v) is 3.81. The Balaban J connectivity index is 1.63. The molecule has 1 amide bonds. The molecule has 0 aliphatic heterocycles. The first kappa shape index (κ1) is 18.0. The number of nitrogens with two attached hydrogens (primary N) is 1. The number of fused-ring (bicyclic) bond motifs is 1. The van der Waals surface area contributed by atoms with E-state index in [1.165, 1.54) is 0 Å². The van der Waals surface area contributed by atoms with Crippen molar-refractivity contribution in [3.8, 4) is 16.9 Å². The number of aryl methyl sites for hydroxylation is 1. The molecule has 140 valence electrons. The van der Waals surface area contributed by atoms with Crippen LogP contribution in [0.15, 0.2) is 60.7 Å². The van der Waals surface area contributed by atoms with E-state index in [0.29, 0.717) is 22.7 Å². The number of hydrogen-bond acceptors (Lipinski definition) is 5. The van der Waals surface area contributed by atoms with Crippen molar-refractivity contribution in [1.82, 2.24) is 4.98 Å². The van der Waals surface area contributed by atoms with E-state index in [0.717, 1.165) is 26.4 Å². The van der Waals surface area contributed by atoms with Gasteiger partial charge in [-0.1, -0.05) is 12.1 Å². The van der Waals surface area contributed by atoms with Crippen molar-refractivity contribution < 1.29 is 9.53 Å². The summed E-state index contributed by atoms with van der Waals surface area (Å²) in [6.45, 7) is 2.00. The highest BCUT2D eigenvalue weighted by molar-refractivity contribution is 7.18. The predicted octanol–water partition coefficient (Wildman–Crippen LogP) is 5.11. The lowest BCUT2D eigenvalue weighted by molar-refractivity contribution is 0.102. The summed E-state index contributed by atoms with van der Waals surface area (Å²) < 4.78 is 6.28. The summed E-state index contributed by atoms with van der Waals surface area (Å²) in [6, 6.07) is 18.7. The first-order valence-electron chi connectivity index (χ1n) is 8.76. The third-order valence-electron chi connectivity index (χ3n) is 4.48. The first-order chi connectivity index (χ1) is 13.5. The number of carbonyl (C=O) groups is 1. The lowest BCUT2D eigenvalue weighted by Gasteiger charge is -2.11. The third-order valence-corrected chi connectivity index (χ3v) is 5.43. The maximum atomic E-state index is 12.6. The maximum absolute atomic E-state index is 12.6. The molecule has 0 spiro atoms. The quantitative estimate of drug-likeness (QED) is 0.475. The molecule has 0 aliphatic carbocycles. The summed E-state index contributed by atoms with van der Waals surface area (Å²) >= 11 is 1.67. The Labute approximate surface area is 166 Å². The van der Waals surface area contributed by atoms with Gasteiger partial charge in [0.25, 0.3) is 5.91 Å². The van der Waals surface area contributed by atoms with Crippen LogP contribution in [0, 0.1) is 6.92 Å². The van der Waals surface area contributed by atoms with Crippen molar-refractivity contribution in [2.75, 3.05) is 18.2 Å². The Hall–Kier alpha value is -3.38. The van der Waals surface area contributed by atoms with Crippen LogP contribution in [0.2, 0.25) is 0 Å². The molecule has 0 radical (unpaired) electrons. The molecule has 3 N–H and O–H groups in total. The summed E-state index contributed by atoms with van der Waals surface area (Å²) in [4.78, 5) is 17.1. The SMILES string of the molecule is COc1ccc(C(=O)Nc2cc(-c3ccc4sc(C)nc4c3)ccc2N)cc1. The van der Waals surface area contributed by atoms with Gasteiger partial charge in [-0.3, -0.25) is 4.79 Å². The number of amides is 1. The Bertz CT molecular complexity index is 1170. The van der Waals surface area contributed by atoms with Gasteiger partial charge in [0.2, 0.25) is 0 Å². The number of hydrogen-bond donors (Lipinski definition) is 2. The number of anilines is 2. The Morgan fingerprint density at radius 3 is 2.50 bits per heavy atom. The van der Waals surface area contributed by atoms with Crippen molar-refractivity contribution in [3.05, 3.63) is 71.2 Å². The number of rotatable bonds is 4. The monoisotopic (exact) mass is 389 g/mol. The van der Waals surface area contributed by atoms with Gasteiger partial charge in [-0.2, -0.15) is 0 Å². The summed E-state index contributed by atoms with van der Waals surface area (Å²) in [5.41, 5.74) is 10.7. The zero-order chi connectivity index (χ0) is 19.7. The summed E-state index contributed by atoms with van der Waals surface area (Å²) in [7, 11) is 1.59. The van der Waals surface area contributed by atoms with Gasteiger partial charge in [0.05, 0.1) is 33.7 Å². The van der Waals surface area contributed by atoms with Crippen LogP contribution in [0.4, 0.5) is 11.4 Å². The van der Waals surface area contributed by atoms with E-state index in [1.54, 1.807) is 48.8 Å². The van der Waals surface area contributed by atoms with Crippen LogP contribution < -0.4 is 15.8 Å². The molecule has 0 bridgehead atoms. The average molecular weight is 389 g/mol.